The van der Waals surface area contributed by atoms with Crippen LogP contribution in [0.4, 0.5) is 0 Å². The van der Waals surface area contributed by atoms with Gasteiger partial charge < -0.3 is 9.13 Å². The second kappa shape index (κ2) is 12.0. The van der Waals surface area contributed by atoms with E-state index in [1.165, 1.54) is 68.3 Å². The molecule has 0 saturated heterocycles. The van der Waals surface area contributed by atoms with Gasteiger partial charge in [0.1, 0.15) is 12.1 Å². The van der Waals surface area contributed by atoms with Crippen molar-refractivity contribution in [1.82, 2.24) is 9.13 Å². The molecule has 0 bridgehead atoms. The average Bonchev–Trinajstić information content (AvgIpc) is 4.00. The molecule has 0 spiro atoms. The molecule has 0 amide bonds. The molecule has 1 fully saturated rings. The highest BCUT2D eigenvalue weighted by Gasteiger charge is 2.32. The highest BCUT2D eigenvalue weighted by molar-refractivity contribution is 7.27. The first kappa shape index (κ1) is 31.9. The number of nitriles is 2. The van der Waals surface area contributed by atoms with Crippen LogP contribution in [0.25, 0.3) is 95.3 Å². The quantitative estimate of drug-likeness (QED) is 0.180. The van der Waals surface area contributed by atoms with Crippen LogP contribution in [-0.4, -0.2) is 9.13 Å². The maximum absolute atomic E-state index is 11.1. The average molecular weight is 753 g/mol. The van der Waals surface area contributed by atoms with E-state index in [-0.39, 0.29) is 5.92 Å². The number of hydrogen-bond donors (Lipinski definition) is 0. The van der Waals surface area contributed by atoms with E-state index in [1.807, 2.05) is 28.7 Å². The van der Waals surface area contributed by atoms with Gasteiger partial charge in [0.05, 0.1) is 44.6 Å². The van der Waals surface area contributed by atoms with E-state index in [0.717, 1.165) is 64.7 Å². The number of benzene rings is 7. The standard InChI is InChI=1S/C50H32N4S2/c51-27-30-26-31(28-52)48(54-39-19-9-5-17-37(39)46-41(54)25-23-35-33-15-7-11-21-43(33)56-50(35)46)44(29-12-2-1-3-13-29)47(30)53-38-18-8-4-16-36(38)45-40(53)24-22-34-32-14-6-10-20-42(32)55-49(34)45/h4-11,14-26,29H,1-3,12-13H2. The number of hydrogen-bond acceptors (Lipinski definition) is 4. The summed E-state index contributed by atoms with van der Waals surface area (Å²) in [6.45, 7) is 0. The molecular formula is C50H32N4S2. The lowest BCUT2D eigenvalue weighted by Gasteiger charge is -2.30. The molecule has 11 aromatic rings. The highest BCUT2D eigenvalue weighted by atomic mass is 32.1. The van der Waals surface area contributed by atoms with Crippen LogP contribution in [-0.2, 0) is 0 Å². The van der Waals surface area contributed by atoms with Crippen LogP contribution in [0.2, 0.25) is 0 Å². The Morgan fingerprint density at radius 2 is 0.911 bits per heavy atom. The Morgan fingerprint density at radius 3 is 1.39 bits per heavy atom. The summed E-state index contributed by atoms with van der Waals surface area (Å²) in [6.07, 6.45) is 5.45. The van der Waals surface area contributed by atoms with Gasteiger partial charge in [0, 0.05) is 67.5 Å². The lowest BCUT2D eigenvalue weighted by molar-refractivity contribution is 0.442. The molecule has 56 heavy (non-hydrogen) atoms. The maximum Gasteiger partial charge on any atom is 0.101 e. The van der Waals surface area contributed by atoms with Gasteiger partial charge in [-0.1, -0.05) is 104 Å². The Morgan fingerprint density at radius 1 is 0.464 bits per heavy atom. The van der Waals surface area contributed by atoms with Crippen LogP contribution in [0.1, 0.15) is 54.7 Å². The third kappa shape index (κ3) is 4.26. The maximum atomic E-state index is 11.1. The molecule has 1 saturated carbocycles. The zero-order chi connectivity index (χ0) is 37.1. The summed E-state index contributed by atoms with van der Waals surface area (Å²) in [5, 5.41) is 32.1. The van der Waals surface area contributed by atoms with Gasteiger partial charge in [-0.25, -0.2) is 0 Å². The van der Waals surface area contributed by atoms with Gasteiger partial charge in [0.25, 0.3) is 0 Å². The predicted molar refractivity (Wildman–Crippen MR) is 236 cm³/mol. The van der Waals surface area contributed by atoms with E-state index >= 15 is 0 Å². The van der Waals surface area contributed by atoms with Crippen molar-refractivity contribution in [3.63, 3.8) is 0 Å². The minimum Gasteiger partial charge on any atom is -0.307 e. The van der Waals surface area contributed by atoms with Crippen molar-refractivity contribution < 1.29 is 0 Å². The zero-order valence-corrected chi connectivity index (χ0v) is 32.0. The first-order chi connectivity index (χ1) is 27.7. The number of aromatic nitrogens is 2. The van der Waals surface area contributed by atoms with Gasteiger partial charge in [0.15, 0.2) is 0 Å². The summed E-state index contributed by atoms with van der Waals surface area (Å²) >= 11 is 3.69. The number of para-hydroxylation sites is 2. The number of rotatable bonds is 3. The van der Waals surface area contributed by atoms with Crippen LogP contribution in [0, 0.1) is 22.7 Å². The molecule has 6 heteroatoms. The van der Waals surface area contributed by atoms with Crippen molar-refractivity contribution in [3.8, 4) is 23.5 Å². The van der Waals surface area contributed by atoms with Crippen LogP contribution in [0.15, 0.2) is 127 Å². The lowest BCUT2D eigenvalue weighted by Crippen LogP contribution is -2.16. The molecule has 1 aliphatic carbocycles. The first-order valence-electron chi connectivity index (χ1n) is 19.4. The molecular weight excluding hydrogens is 721 g/mol. The summed E-state index contributed by atoms with van der Waals surface area (Å²) in [7, 11) is 0. The van der Waals surface area contributed by atoms with Gasteiger partial charge in [-0.05, 0) is 61.2 Å². The third-order valence-electron chi connectivity index (χ3n) is 12.4. The number of nitrogens with zero attached hydrogens (tertiary/aromatic N) is 4. The monoisotopic (exact) mass is 752 g/mol. The van der Waals surface area contributed by atoms with E-state index in [9.17, 15) is 10.5 Å². The fourth-order valence-corrected chi connectivity index (χ4v) is 12.6. The van der Waals surface area contributed by atoms with Gasteiger partial charge >= 0.3 is 0 Å². The second-order valence-electron chi connectivity index (χ2n) is 15.2. The fourth-order valence-electron chi connectivity index (χ4n) is 10.1. The Bertz CT molecular complexity index is 3330. The van der Waals surface area contributed by atoms with Crippen molar-refractivity contribution >= 4 is 107 Å². The van der Waals surface area contributed by atoms with Crippen LogP contribution in [0.3, 0.4) is 0 Å². The minimum atomic E-state index is 0.169. The van der Waals surface area contributed by atoms with Crippen molar-refractivity contribution in [2.45, 2.75) is 38.0 Å². The molecule has 0 unspecified atom stereocenters. The van der Waals surface area contributed by atoms with Gasteiger partial charge in [-0.15, -0.1) is 22.7 Å². The molecule has 12 rings (SSSR count). The van der Waals surface area contributed by atoms with Crippen LogP contribution in [0.5, 0.6) is 0 Å². The Labute approximate surface area is 330 Å². The third-order valence-corrected chi connectivity index (χ3v) is 14.8. The van der Waals surface area contributed by atoms with E-state index in [0.29, 0.717) is 11.1 Å². The Hall–Kier alpha value is -6.44. The van der Waals surface area contributed by atoms with Crippen molar-refractivity contribution in [3.05, 3.63) is 144 Å². The van der Waals surface area contributed by atoms with E-state index in [2.05, 4.69) is 143 Å². The summed E-state index contributed by atoms with van der Waals surface area (Å²) in [5.41, 5.74) is 8.33. The first-order valence-corrected chi connectivity index (χ1v) is 21.1. The smallest absolute Gasteiger partial charge is 0.101 e. The molecule has 4 aromatic heterocycles. The van der Waals surface area contributed by atoms with Gasteiger partial charge in [-0.2, -0.15) is 10.5 Å². The van der Waals surface area contributed by atoms with Crippen molar-refractivity contribution in [1.29, 1.82) is 10.5 Å². The lowest BCUT2D eigenvalue weighted by atomic mass is 9.80. The van der Waals surface area contributed by atoms with Crippen molar-refractivity contribution in [2.75, 3.05) is 0 Å². The highest BCUT2D eigenvalue weighted by Crippen LogP contribution is 2.50. The zero-order valence-electron chi connectivity index (χ0n) is 30.3. The van der Waals surface area contributed by atoms with Crippen LogP contribution < -0.4 is 0 Å². The van der Waals surface area contributed by atoms with E-state index in [1.54, 1.807) is 0 Å². The molecule has 264 valence electrons. The van der Waals surface area contributed by atoms with E-state index in [4.69, 9.17) is 0 Å². The second-order valence-corrected chi connectivity index (χ2v) is 17.3. The predicted octanol–water partition coefficient (Wildman–Crippen LogP) is 14.4. The number of thiophene rings is 2. The minimum absolute atomic E-state index is 0.169. The SMILES string of the molecule is N#Cc1cc(C#N)c(-n2c3ccccc3c3c4sc5ccccc5c4ccc32)c(C2CCCCC2)c1-n1c2ccccc2c2c3sc4ccccc4c3ccc21. The Kier molecular flexibility index (Phi) is 6.84. The molecule has 4 heterocycles. The molecule has 0 aliphatic heterocycles. The number of fused-ring (bicyclic) bond motifs is 14. The van der Waals surface area contributed by atoms with E-state index < -0.39 is 0 Å². The summed E-state index contributed by atoms with van der Waals surface area (Å²) < 4.78 is 9.82. The molecule has 1 aliphatic rings. The normalized spacial score (nSPS) is 14.0. The summed E-state index contributed by atoms with van der Waals surface area (Å²) in [4.78, 5) is 0. The Balaban J connectivity index is 1.27. The van der Waals surface area contributed by atoms with Gasteiger partial charge in [-0.3, -0.25) is 0 Å². The largest absolute Gasteiger partial charge is 0.307 e. The summed E-state index contributed by atoms with van der Waals surface area (Å²) in [5.74, 6) is 0.169. The van der Waals surface area contributed by atoms with Crippen LogP contribution >= 0.6 is 22.7 Å². The fraction of sp³-hybridized carbons (Fsp3) is 0.120. The summed E-state index contributed by atoms with van der Waals surface area (Å²) in [6, 6.07) is 50.9. The molecule has 7 aromatic carbocycles. The van der Waals surface area contributed by atoms with Crippen molar-refractivity contribution in [2.24, 2.45) is 0 Å². The molecule has 0 atom stereocenters. The molecule has 0 N–H and O–H groups in total. The topological polar surface area (TPSA) is 57.4 Å². The van der Waals surface area contributed by atoms with Gasteiger partial charge in [0.2, 0.25) is 0 Å². The molecule has 0 radical (unpaired) electrons. The molecule has 4 nitrogen and oxygen atoms in total.